The monoisotopic (exact) mass is 296 g/mol. The lowest BCUT2D eigenvalue weighted by Crippen LogP contribution is -2.39. The van der Waals surface area contributed by atoms with E-state index in [2.05, 4.69) is 28.6 Å². The van der Waals surface area contributed by atoms with Gasteiger partial charge in [-0.3, -0.25) is 4.79 Å². The molecular weight excluding hydrogens is 272 g/mol. The van der Waals surface area contributed by atoms with E-state index in [1.807, 2.05) is 4.90 Å². The molecule has 1 fully saturated rings. The summed E-state index contributed by atoms with van der Waals surface area (Å²) < 4.78 is 2.11. The zero-order chi connectivity index (χ0) is 14.4. The molecule has 112 valence electrons. The zero-order valence-electron chi connectivity index (χ0n) is 12.4. The highest BCUT2D eigenvalue weighted by molar-refractivity contribution is 7.99. The molecule has 0 unspecified atom stereocenters. The van der Waals surface area contributed by atoms with Gasteiger partial charge in [0.25, 0.3) is 0 Å². The summed E-state index contributed by atoms with van der Waals surface area (Å²) in [6, 6.07) is 0. The second kappa shape index (κ2) is 7.67. The predicted molar refractivity (Wildman–Crippen MR) is 81.9 cm³/mol. The van der Waals surface area contributed by atoms with E-state index in [9.17, 15) is 4.79 Å². The first kappa shape index (κ1) is 15.4. The number of thioether (sulfide) groups is 1. The summed E-state index contributed by atoms with van der Waals surface area (Å²) in [7, 11) is 0. The predicted octanol–water partition coefficient (Wildman–Crippen LogP) is 2.15. The van der Waals surface area contributed by atoms with Gasteiger partial charge in [0, 0.05) is 25.6 Å². The lowest BCUT2D eigenvalue weighted by atomic mass is 9.96. The first-order valence-electron chi connectivity index (χ1n) is 7.49. The Hall–Kier alpha value is -1.04. The highest BCUT2D eigenvalue weighted by Gasteiger charge is 2.26. The van der Waals surface area contributed by atoms with Gasteiger partial charge in [0.05, 0.1) is 5.75 Å². The van der Waals surface area contributed by atoms with Crippen LogP contribution in [0.25, 0.3) is 0 Å². The van der Waals surface area contributed by atoms with E-state index in [4.69, 9.17) is 0 Å². The Morgan fingerprint density at radius 2 is 2.15 bits per heavy atom. The van der Waals surface area contributed by atoms with Crippen LogP contribution >= 0.6 is 11.8 Å². The summed E-state index contributed by atoms with van der Waals surface area (Å²) >= 11 is 1.74. The molecule has 1 amide bonds. The lowest BCUT2D eigenvalue weighted by molar-refractivity contribution is -0.129. The topological polar surface area (TPSA) is 51.0 Å². The number of nitrogens with zero attached hydrogens (tertiary/aromatic N) is 4. The van der Waals surface area contributed by atoms with Gasteiger partial charge in [-0.25, -0.2) is 0 Å². The van der Waals surface area contributed by atoms with Crippen molar-refractivity contribution in [2.75, 3.05) is 24.6 Å². The Morgan fingerprint density at radius 1 is 1.40 bits per heavy atom. The average molecular weight is 296 g/mol. The quantitative estimate of drug-likeness (QED) is 0.755. The number of aryl methyl sites for hydroxylation is 1. The molecule has 0 radical (unpaired) electrons. The fourth-order valence-electron chi connectivity index (χ4n) is 2.61. The van der Waals surface area contributed by atoms with Gasteiger partial charge in [0.1, 0.15) is 12.2 Å². The van der Waals surface area contributed by atoms with Crippen LogP contribution in [-0.2, 0) is 11.3 Å². The van der Waals surface area contributed by atoms with Gasteiger partial charge < -0.3 is 9.47 Å². The molecule has 1 aliphatic heterocycles. The third-order valence-corrected chi connectivity index (χ3v) is 4.92. The number of carbonyl (C=O) groups excluding carboxylic acids is 1. The second-order valence-electron chi connectivity index (χ2n) is 5.18. The molecule has 1 aromatic heterocycles. The van der Waals surface area contributed by atoms with E-state index < -0.39 is 0 Å². The van der Waals surface area contributed by atoms with Crippen molar-refractivity contribution in [3.63, 3.8) is 0 Å². The van der Waals surface area contributed by atoms with E-state index in [0.29, 0.717) is 17.6 Å². The SMILES string of the molecule is CCCSCC(=O)N1CCC(c2nncn2CC)CC1. The van der Waals surface area contributed by atoms with Crippen LogP contribution in [0.4, 0.5) is 0 Å². The van der Waals surface area contributed by atoms with Crippen molar-refractivity contribution in [1.29, 1.82) is 0 Å². The number of amides is 1. The molecule has 0 aromatic carbocycles. The first-order chi connectivity index (χ1) is 9.76. The van der Waals surface area contributed by atoms with Gasteiger partial charge in [0.15, 0.2) is 0 Å². The second-order valence-corrected chi connectivity index (χ2v) is 6.29. The Labute approximate surface area is 125 Å². The van der Waals surface area contributed by atoms with Crippen molar-refractivity contribution in [2.24, 2.45) is 0 Å². The molecule has 2 rings (SSSR count). The number of carbonyl (C=O) groups is 1. The fourth-order valence-corrected chi connectivity index (χ4v) is 3.40. The number of hydrogen-bond acceptors (Lipinski definition) is 4. The molecule has 0 N–H and O–H groups in total. The number of likely N-dealkylation sites (tertiary alicyclic amines) is 1. The average Bonchev–Trinajstić information content (AvgIpc) is 2.96. The maximum atomic E-state index is 12.1. The molecule has 5 nitrogen and oxygen atoms in total. The summed E-state index contributed by atoms with van der Waals surface area (Å²) in [5.41, 5.74) is 0. The third-order valence-electron chi connectivity index (χ3n) is 3.77. The van der Waals surface area contributed by atoms with Crippen LogP contribution in [0.2, 0.25) is 0 Å². The van der Waals surface area contributed by atoms with Crippen LogP contribution < -0.4 is 0 Å². The maximum absolute atomic E-state index is 12.1. The van der Waals surface area contributed by atoms with E-state index in [1.54, 1.807) is 18.1 Å². The molecule has 0 spiro atoms. The summed E-state index contributed by atoms with van der Waals surface area (Å²) in [5, 5.41) is 8.25. The van der Waals surface area contributed by atoms with E-state index >= 15 is 0 Å². The zero-order valence-corrected chi connectivity index (χ0v) is 13.2. The van der Waals surface area contributed by atoms with Gasteiger partial charge in [-0.1, -0.05) is 6.92 Å². The Bertz CT molecular complexity index is 427. The summed E-state index contributed by atoms with van der Waals surface area (Å²) in [5.74, 6) is 3.52. The molecule has 20 heavy (non-hydrogen) atoms. The minimum absolute atomic E-state index is 0.291. The minimum Gasteiger partial charge on any atom is -0.342 e. The van der Waals surface area contributed by atoms with Crippen molar-refractivity contribution in [3.05, 3.63) is 12.2 Å². The summed E-state index contributed by atoms with van der Waals surface area (Å²) in [6.07, 6.45) is 4.94. The molecule has 2 heterocycles. The van der Waals surface area contributed by atoms with Crippen LogP contribution in [0.3, 0.4) is 0 Å². The van der Waals surface area contributed by atoms with Crippen molar-refractivity contribution in [3.8, 4) is 0 Å². The molecule has 0 aliphatic carbocycles. The normalized spacial score (nSPS) is 16.6. The van der Waals surface area contributed by atoms with E-state index in [0.717, 1.165) is 50.5 Å². The van der Waals surface area contributed by atoms with Gasteiger partial charge >= 0.3 is 0 Å². The van der Waals surface area contributed by atoms with Crippen LogP contribution in [-0.4, -0.2) is 50.2 Å². The summed E-state index contributed by atoms with van der Waals surface area (Å²) in [6.45, 7) is 6.87. The van der Waals surface area contributed by atoms with E-state index in [1.165, 1.54) is 0 Å². The molecule has 0 saturated carbocycles. The Balaban J connectivity index is 1.81. The van der Waals surface area contributed by atoms with Gasteiger partial charge in [0.2, 0.25) is 5.91 Å². The number of piperidine rings is 1. The van der Waals surface area contributed by atoms with Gasteiger partial charge in [-0.15, -0.1) is 10.2 Å². The molecule has 1 aliphatic rings. The number of aromatic nitrogens is 3. The molecule has 6 heteroatoms. The standard InChI is InChI=1S/C14H24N4OS/c1-3-9-20-10-13(19)18-7-5-12(6-8-18)14-16-15-11-17(14)4-2/h11-12H,3-10H2,1-2H3. The largest absolute Gasteiger partial charge is 0.342 e. The van der Waals surface area contributed by atoms with Crippen LogP contribution in [0.5, 0.6) is 0 Å². The lowest BCUT2D eigenvalue weighted by Gasteiger charge is -2.31. The molecule has 1 aromatic rings. The Kier molecular flexibility index (Phi) is 5.88. The third kappa shape index (κ3) is 3.75. The summed E-state index contributed by atoms with van der Waals surface area (Å²) in [4.78, 5) is 14.1. The molecule has 0 atom stereocenters. The molecular formula is C14H24N4OS. The number of hydrogen-bond donors (Lipinski definition) is 0. The van der Waals surface area contributed by atoms with Crippen molar-refractivity contribution >= 4 is 17.7 Å². The van der Waals surface area contributed by atoms with Crippen LogP contribution in [0.1, 0.15) is 44.9 Å². The highest BCUT2D eigenvalue weighted by Crippen LogP contribution is 2.26. The van der Waals surface area contributed by atoms with Gasteiger partial charge in [-0.2, -0.15) is 11.8 Å². The smallest absolute Gasteiger partial charge is 0.232 e. The van der Waals surface area contributed by atoms with Crippen LogP contribution in [0.15, 0.2) is 6.33 Å². The van der Waals surface area contributed by atoms with Crippen molar-refractivity contribution in [2.45, 2.75) is 45.6 Å². The molecule has 1 saturated heterocycles. The molecule has 0 bridgehead atoms. The first-order valence-corrected chi connectivity index (χ1v) is 8.65. The van der Waals surface area contributed by atoms with Crippen molar-refractivity contribution in [1.82, 2.24) is 19.7 Å². The Morgan fingerprint density at radius 3 is 2.80 bits per heavy atom. The van der Waals surface area contributed by atoms with E-state index in [-0.39, 0.29) is 0 Å². The van der Waals surface area contributed by atoms with Crippen LogP contribution in [0, 0.1) is 0 Å². The van der Waals surface area contributed by atoms with Crippen molar-refractivity contribution < 1.29 is 4.79 Å². The maximum Gasteiger partial charge on any atom is 0.232 e. The van der Waals surface area contributed by atoms with Gasteiger partial charge in [-0.05, 0) is 31.9 Å². The fraction of sp³-hybridized carbons (Fsp3) is 0.786. The number of rotatable bonds is 6. The highest BCUT2D eigenvalue weighted by atomic mass is 32.2. The minimum atomic E-state index is 0.291.